The molecule has 3 aromatic carbocycles. The van der Waals surface area contributed by atoms with E-state index in [1.807, 2.05) is 60.9 Å². The first kappa shape index (κ1) is 23.1. The predicted molar refractivity (Wildman–Crippen MR) is 133 cm³/mol. The van der Waals surface area contributed by atoms with Crippen LogP contribution < -0.4 is 10.6 Å². The smallest absolute Gasteiger partial charge is 0.251 e. The van der Waals surface area contributed by atoms with Gasteiger partial charge in [-0.15, -0.1) is 0 Å². The Morgan fingerprint density at radius 1 is 0.935 bits per heavy atom. The zero-order valence-electron chi connectivity index (χ0n) is 17.3. The fourth-order valence-corrected chi connectivity index (χ4v) is 3.92. The van der Waals surface area contributed by atoms with Gasteiger partial charge >= 0.3 is 0 Å². The normalized spacial score (nSPS) is 11.5. The average molecular weight is 497 g/mol. The van der Waals surface area contributed by atoms with Gasteiger partial charge in [-0.05, 0) is 66.3 Å². The number of carbonyl (C=O) groups is 2. The van der Waals surface area contributed by atoms with Gasteiger partial charge in [0.15, 0.2) is 0 Å². The van der Waals surface area contributed by atoms with Crippen molar-refractivity contribution in [3.05, 3.63) is 100 Å². The largest absolute Gasteiger partial charge is 0.340 e. The molecule has 2 amide bonds. The second-order valence-electron chi connectivity index (χ2n) is 7.12. The molecular weight excluding hydrogens is 472 g/mol. The molecule has 0 fully saturated rings. The Balaban J connectivity index is 1.73. The number of benzene rings is 3. The summed E-state index contributed by atoms with van der Waals surface area (Å²) in [5.74, 6) is 0.302. The minimum Gasteiger partial charge on any atom is -0.340 e. The second kappa shape index (κ2) is 11.7. The van der Waals surface area contributed by atoms with Crippen LogP contribution in [0.5, 0.6) is 0 Å². The van der Waals surface area contributed by atoms with E-state index in [-0.39, 0.29) is 11.8 Å². The molecule has 4 nitrogen and oxygen atoms in total. The fraction of sp³-hybridized carbons (Fsp3) is 0.200. The van der Waals surface area contributed by atoms with Gasteiger partial charge in [-0.3, -0.25) is 9.59 Å². The molecule has 3 rings (SSSR count). The lowest BCUT2D eigenvalue weighted by molar-refractivity contribution is -0.118. The lowest BCUT2D eigenvalue weighted by Crippen LogP contribution is -2.44. The quantitative estimate of drug-likeness (QED) is 0.409. The van der Waals surface area contributed by atoms with E-state index in [4.69, 9.17) is 0 Å². The van der Waals surface area contributed by atoms with E-state index in [1.54, 1.807) is 23.9 Å². The first-order valence-electron chi connectivity index (χ1n) is 10.0. The number of halogens is 1. The summed E-state index contributed by atoms with van der Waals surface area (Å²) in [7, 11) is 0. The lowest BCUT2D eigenvalue weighted by atomic mass is 10.0. The van der Waals surface area contributed by atoms with Crippen molar-refractivity contribution < 1.29 is 9.59 Å². The van der Waals surface area contributed by atoms with Crippen LogP contribution in [0.2, 0.25) is 0 Å². The monoisotopic (exact) mass is 496 g/mol. The Hall–Kier alpha value is -2.57. The minimum atomic E-state index is -0.617. The number of hydrogen-bond acceptors (Lipinski definition) is 3. The molecule has 0 saturated carbocycles. The van der Waals surface area contributed by atoms with Crippen molar-refractivity contribution in [2.75, 3.05) is 17.3 Å². The van der Waals surface area contributed by atoms with E-state index >= 15 is 0 Å². The molecule has 6 heteroatoms. The van der Waals surface area contributed by atoms with Gasteiger partial charge in [-0.25, -0.2) is 0 Å². The summed E-state index contributed by atoms with van der Waals surface area (Å²) in [4.78, 5) is 25.8. The van der Waals surface area contributed by atoms with Gasteiger partial charge in [0.05, 0.1) is 0 Å². The SMILES string of the molecule is CSCCC(NC(=O)c1ccc(Br)cc1)C(=O)Nc1ccccc1Cc1ccccc1. The van der Waals surface area contributed by atoms with Gasteiger partial charge in [-0.1, -0.05) is 64.5 Å². The zero-order valence-corrected chi connectivity index (χ0v) is 19.7. The van der Waals surface area contributed by atoms with E-state index in [0.29, 0.717) is 12.0 Å². The summed E-state index contributed by atoms with van der Waals surface area (Å²) in [5.41, 5.74) is 3.50. The van der Waals surface area contributed by atoms with Crippen LogP contribution in [0.25, 0.3) is 0 Å². The van der Waals surface area contributed by atoms with E-state index in [2.05, 4.69) is 38.7 Å². The third kappa shape index (κ3) is 6.97. The highest BCUT2D eigenvalue weighted by Crippen LogP contribution is 2.20. The van der Waals surface area contributed by atoms with Crippen LogP contribution in [0.15, 0.2) is 83.3 Å². The van der Waals surface area contributed by atoms with Crippen molar-refractivity contribution in [2.24, 2.45) is 0 Å². The Bertz CT molecular complexity index is 1010. The lowest BCUT2D eigenvalue weighted by Gasteiger charge is -2.19. The molecule has 0 spiro atoms. The Labute approximate surface area is 196 Å². The third-order valence-corrected chi connectivity index (χ3v) is 6.02. The highest BCUT2D eigenvalue weighted by Gasteiger charge is 2.22. The van der Waals surface area contributed by atoms with Crippen molar-refractivity contribution in [1.29, 1.82) is 0 Å². The second-order valence-corrected chi connectivity index (χ2v) is 9.02. The molecular formula is C25H25BrN2O2S. The van der Waals surface area contributed by atoms with Crippen LogP contribution in [0.1, 0.15) is 27.9 Å². The summed E-state index contributed by atoms with van der Waals surface area (Å²) in [6.45, 7) is 0. The van der Waals surface area contributed by atoms with Crippen LogP contribution in [-0.4, -0.2) is 29.9 Å². The van der Waals surface area contributed by atoms with Crippen molar-refractivity contribution in [2.45, 2.75) is 18.9 Å². The van der Waals surface area contributed by atoms with Crippen LogP contribution >= 0.6 is 27.7 Å². The predicted octanol–water partition coefficient (Wildman–Crippen LogP) is 5.53. The van der Waals surface area contributed by atoms with Gasteiger partial charge in [0.25, 0.3) is 5.91 Å². The molecule has 160 valence electrons. The highest BCUT2D eigenvalue weighted by molar-refractivity contribution is 9.10. The van der Waals surface area contributed by atoms with Crippen molar-refractivity contribution in [3.8, 4) is 0 Å². The summed E-state index contributed by atoms with van der Waals surface area (Å²) < 4.78 is 0.899. The molecule has 0 aromatic heterocycles. The van der Waals surface area contributed by atoms with Crippen molar-refractivity contribution >= 4 is 45.2 Å². The van der Waals surface area contributed by atoms with Gasteiger partial charge in [0.1, 0.15) is 6.04 Å². The highest BCUT2D eigenvalue weighted by atomic mass is 79.9. The fourth-order valence-electron chi connectivity index (χ4n) is 3.18. The molecule has 0 aliphatic rings. The van der Waals surface area contributed by atoms with Crippen LogP contribution in [0, 0.1) is 0 Å². The maximum absolute atomic E-state index is 13.1. The van der Waals surface area contributed by atoms with Crippen LogP contribution in [0.3, 0.4) is 0 Å². The number of rotatable bonds is 9. The molecule has 3 aromatic rings. The van der Waals surface area contributed by atoms with Crippen molar-refractivity contribution in [1.82, 2.24) is 5.32 Å². The maximum atomic E-state index is 13.1. The number of carbonyl (C=O) groups excluding carboxylic acids is 2. The van der Waals surface area contributed by atoms with Crippen LogP contribution in [-0.2, 0) is 11.2 Å². The number of hydrogen-bond donors (Lipinski definition) is 2. The molecule has 2 N–H and O–H groups in total. The molecule has 0 saturated heterocycles. The van der Waals surface area contributed by atoms with E-state index < -0.39 is 6.04 Å². The van der Waals surface area contributed by atoms with Gasteiger partial charge in [0.2, 0.25) is 5.91 Å². The standard InChI is InChI=1S/C25H25BrN2O2S/c1-31-16-15-23(28-24(29)19-11-13-21(26)14-12-19)25(30)27-22-10-6-5-9-20(22)17-18-7-3-2-4-8-18/h2-14,23H,15-17H2,1H3,(H,27,30)(H,28,29). The molecule has 0 bridgehead atoms. The average Bonchev–Trinajstić information content (AvgIpc) is 2.79. The maximum Gasteiger partial charge on any atom is 0.251 e. The topological polar surface area (TPSA) is 58.2 Å². The summed E-state index contributed by atoms with van der Waals surface area (Å²) in [6.07, 6.45) is 3.26. The Morgan fingerprint density at radius 2 is 1.61 bits per heavy atom. The summed E-state index contributed by atoms with van der Waals surface area (Å²) in [5, 5.41) is 5.93. The summed E-state index contributed by atoms with van der Waals surface area (Å²) in [6, 6.07) is 24.4. The number of amides is 2. The molecule has 31 heavy (non-hydrogen) atoms. The summed E-state index contributed by atoms with van der Waals surface area (Å²) >= 11 is 5.02. The van der Waals surface area contributed by atoms with E-state index in [1.165, 1.54) is 5.56 Å². The number of para-hydroxylation sites is 1. The Kier molecular flexibility index (Phi) is 8.74. The first-order valence-corrected chi connectivity index (χ1v) is 12.2. The molecule has 0 aliphatic carbocycles. The molecule has 0 heterocycles. The zero-order chi connectivity index (χ0) is 22.1. The van der Waals surface area contributed by atoms with Gasteiger partial charge in [0, 0.05) is 15.7 Å². The van der Waals surface area contributed by atoms with E-state index in [9.17, 15) is 9.59 Å². The number of nitrogens with one attached hydrogen (secondary N) is 2. The van der Waals surface area contributed by atoms with E-state index in [0.717, 1.165) is 27.9 Å². The molecule has 0 aliphatic heterocycles. The first-order chi connectivity index (χ1) is 15.1. The molecule has 0 radical (unpaired) electrons. The van der Waals surface area contributed by atoms with Gasteiger partial charge in [-0.2, -0.15) is 11.8 Å². The Morgan fingerprint density at radius 3 is 2.32 bits per heavy atom. The third-order valence-electron chi connectivity index (χ3n) is 4.85. The molecule has 1 unspecified atom stereocenters. The van der Waals surface area contributed by atoms with Gasteiger partial charge < -0.3 is 10.6 Å². The van der Waals surface area contributed by atoms with Crippen LogP contribution in [0.4, 0.5) is 5.69 Å². The number of thioether (sulfide) groups is 1. The number of anilines is 1. The minimum absolute atomic E-state index is 0.208. The molecule has 1 atom stereocenters. The van der Waals surface area contributed by atoms with Crippen molar-refractivity contribution in [3.63, 3.8) is 0 Å².